The summed E-state index contributed by atoms with van der Waals surface area (Å²) in [7, 11) is 0. The molecule has 0 heterocycles. The van der Waals surface area contributed by atoms with Crippen LogP contribution in [0.4, 0.5) is 0 Å². The highest BCUT2D eigenvalue weighted by molar-refractivity contribution is 5.93. The summed E-state index contributed by atoms with van der Waals surface area (Å²) < 4.78 is 0. The number of hydrogen-bond acceptors (Lipinski definition) is 3. The average Bonchev–Trinajstić information content (AvgIpc) is 1.85. The van der Waals surface area contributed by atoms with Gasteiger partial charge in [-0.05, 0) is 20.3 Å². The Hall–Kier alpha value is -0.900. The summed E-state index contributed by atoms with van der Waals surface area (Å²) in [4.78, 5) is 19.5. The predicted molar refractivity (Wildman–Crippen MR) is 44.9 cm³/mol. The number of carboxylic acid groups (broad SMARTS) is 1. The van der Waals surface area contributed by atoms with Gasteiger partial charge in [0.05, 0.1) is 6.10 Å². The maximum absolute atomic E-state index is 9.87. The van der Waals surface area contributed by atoms with E-state index < -0.39 is 5.97 Å². The molecule has 0 aromatic carbocycles. The van der Waals surface area contributed by atoms with Crippen molar-refractivity contribution in [2.75, 3.05) is 0 Å². The first-order valence-corrected chi connectivity index (χ1v) is 3.79. The van der Waals surface area contributed by atoms with Crippen LogP contribution in [-0.4, -0.2) is 28.1 Å². The lowest BCUT2D eigenvalue weighted by molar-refractivity contribution is -0.139. The van der Waals surface area contributed by atoms with E-state index in [-0.39, 0.29) is 18.3 Å². The number of aliphatic carboxylic acids is 1. The molecule has 1 atom stereocenters. The molecule has 0 aliphatic heterocycles. The molecule has 0 aliphatic carbocycles. The molecule has 4 nitrogen and oxygen atoms in total. The van der Waals surface area contributed by atoms with Gasteiger partial charge >= 0.3 is 5.97 Å². The first kappa shape index (κ1) is 13.7. The molecule has 0 bridgehead atoms. The molecule has 0 fully saturated rings. The Labute approximate surface area is 72.2 Å². The van der Waals surface area contributed by atoms with Gasteiger partial charge in [-0.15, -0.1) is 0 Å². The van der Waals surface area contributed by atoms with E-state index in [0.29, 0.717) is 0 Å². The number of ketones is 1. The molecule has 0 radical (unpaired) electrons. The molecule has 4 heteroatoms. The average molecular weight is 176 g/mol. The SMILES string of the molecule is CC(=O)CC(=O)O.CCC(C)O. The second-order valence-corrected chi connectivity index (χ2v) is 2.53. The molecule has 72 valence electrons. The molecule has 0 amide bonds. The first-order valence-electron chi connectivity index (χ1n) is 3.79. The van der Waals surface area contributed by atoms with E-state index in [9.17, 15) is 9.59 Å². The van der Waals surface area contributed by atoms with Crippen LogP contribution in [0.1, 0.15) is 33.6 Å². The summed E-state index contributed by atoms with van der Waals surface area (Å²) in [5.41, 5.74) is 0. The monoisotopic (exact) mass is 176 g/mol. The van der Waals surface area contributed by atoms with Crippen molar-refractivity contribution >= 4 is 11.8 Å². The van der Waals surface area contributed by atoms with Gasteiger partial charge in [-0.1, -0.05) is 6.92 Å². The highest BCUT2D eigenvalue weighted by atomic mass is 16.4. The van der Waals surface area contributed by atoms with Crippen molar-refractivity contribution in [1.29, 1.82) is 0 Å². The van der Waals surface area contributed by atoms with E-state index in [1.165, 1.54) is 6.92 Å². The smallest absolute Gasteiger partial charge is 0.310 e. The van der Waals surface area contributed by atoms with Crippen molar-refractivity contribution in [3.63, 3.8) is 0 Å². The summed E-state index contributed by atoms with van der Waals surface area (Å²) >= 11 is 0. The normalized spacial score (nSPS) is 11.0. The summed E-state index contributed by atoms with van der Waals surface area (Å²) in [5, 5.41) is 16.2. The molecule has 0 spiro atoms. The highest BCUT2D eigenvalue weighted by Crippen LogP contribution is 1.81. The Morgan fingerprint density at radius 2 is 1.75 bits per heavy atom. The first-order chi connectivity index (χ1) is 5.40. The summed E-state index contributed by atoms with van der Waals surface area (Å²) in [5.74, 6) is -1.37. The van der Waals surface area contributed by atoms with Gasteiger partial charge in [-0.25, -0.2) is 0 Å². The molecule has 12 heavy (non-hydrogen) atoms. The van der Waals surface area contributed by atoms with Gasteiger partial charge in [-0.2, -0.15) is 0 Å². The van der Waals surface area contributed by atoms with Gasteiger partial charge in [0.25, 0.3) is 0 Å². The van der Waals surface area contributed by atoms with Crippen LogP contribution in [-0.2, 0) is 9.59 Å². The van der Waals surface area contributed by atoms with E-state index >= 15 is 0 Å². The summed E-state index contributed by atoms with van der Waals surface area (Å²) in [6, 6.07) is 0. The fourth-order valence-corrected chi connectivity index (χ4v) is 0.213. The molecule has 0 aromatic heterocycles. The number of Topliss-reactive ketones (excluding diaryl/α,β-unsaturated/α-hetero) is 1. The van der Waals surface area contributed by atoms with Crippen LogP contribution in [0.15, 0.2) is 0 Å². The summed E-state index contributed by atoms with van der Waals surface area (Å²) in [6.45, 7) is 4.97. The Kier molecular flexibility index (Phi) is 9.34. The molecule has 0 saturated heterocycles. The van der Waals surface area contributed by atoms with Crippen molar-refractivity contribution in [2.45, 2.75) is 39.7 Å². The fraction of sp³-hybridized carbons (Fsp3) is 0.750. The maximum Gasteiger partial charge on any atom is 0.310 e. The number of carbonyl (C=O) groups excluding carboxylic acids is 1. The third-order valence-corrected chi connectivity index (χ3v) is 0.991. The Morgan fingerprint density at radius 3 is 1.75 bits per heavy atom. The van der Waals surface area contributed by atoms with Gasteiger partial charge in [0.1, 0.15) is 12.2 Å². The van der Waals surface area contributed by atoms with E-state index in [2.05, 4.69) is 0 Å². The lowest BCUT2D eigenvalue weighted by Gasteiger charge is -1.90. The van der Waals surface area contributed by atoms with Gasteiger partial charge in [0, 0.05) is 0 Å². The van der Waals surface area contributed by atoms with Crippen LogP contribution in [0, 0.1) is 0 Å². The second-order valence-electron chi connectivity index (χ2n) is 2.53. The maximum atomic E-state index is 9.87. The van der Waals surface area contributed by atoms with E-state index in [4.69, 9.17) is 10.2 Å². The van der Waals surface area contributed by atoms with Crippen molar-refractivity contribution in [2.24, 2.45) is 0 Å². The zero-order chi connectivity index (χ0) is 10.1. The van der Waals surface area contributed by atoms with Gasteiger partial charge in [0.2, 0.25) is 0 Å². The van der Waals surface area contributed by atoms with Crippen molar-refractivity contribution < 1.29 is 19.8 Å². The van der Waals surface area contributed by atoms with Crippen LogP contribution in [0.25, 0.3) is 0 Å². The molecule has 0 saturated carbocycles. The van der Waals surface area contributed by atoms with Gasteiger partial charge in [0.15, 0.2) is 0 Å². The second kappa shape index (κ2) is 8.20. The summed E-state index contributed by atoms with van der Waals surface area (Å²) in [6.07, 6.45) is 0.384. The molecular formula is C8H16O4. The van der Waals surface area contributed by atoms with E-state index in [1.54, 1.807) is 6.92 Å². The third-order valence-electron chi connectivity index (χ3n) is 0.991. The molecule has 0 rings (SSSR count). The minimum absolute atomic E-state index is 0.116. The standard InChI is InChI=1S/C4H6O3.C4H10O/c1-3(5)2-4(6)7;1-3-4(2)5/h2H2,1H3,(H,6,7);4-5H,3H2,1-2H3. The molecule has 0 aromatic rings. The lowest BCUT2D eigenvalue weighted by atomic mass is 10.3. The number of carbonyl (C=O) groups is 2. The highest BCUT2D eigenvalue weighted by Gasteiger charge is 1.98. The number of carboxylic acids is 1. The minimum atomic E-state index is -1.06. The third kappa shape index (κ3) is 23.0. The molecule has 0 aliphatic rings. The number of aliphatic hydroxyl groups excluding tert-OH is 1. The zero-order valence-electron chi connectivity index (χ0n) is 7.70. The van der Waals surface area contributed by atoms with Crippen molar-refractivity contribution in [3.8, 4) is 0 Å². The van der Waals surface area contributed by atoms with Crippen molar-refractivity contribution in [3.05, 3.63) is 0 Å². The van der Waals surface area contributed by atoms with Crippen LogP contribution >= 0.6 is 0 Å². The quantitative estimate of drug-likeness (QED) is 0.624. The minimum Gasteiger partial charge on any atom is -0.481 e. The predicted octanol–water partition coefficient (Wildman–Crippen LogP) is 0.827. The van der Waals surface area contributed by atoms with E-state index in [0.717, 1.165) is 6.42 Å². The van der Waals surface area contributed by atoms with E-state index in [1.807, 2.05) is 6.92 Å². The van der Waals surface area contributed by atoms with Crippen LogP contribution in [0.2, 0.25) is 0 Å². The number of rotatable bonds is 3. The van der Waals surface area contributed by atoms with Crippen LogP contribution in [0.5, 0.6) is 0 Å². The molecule has 1 unspecified atom stereocenters. The van der Waals surface area contributed by atoms with Gasteiger partial charge in [-0.3, -0.25) is 9.59 Å². The van der Waals surface area contributed by atoms with Crippen molar-refractivity contribution in [1.82, 2.24) is 0 Å². The lowest BCUT2D eigenvalue weighted by Crippen LogP contribution is -2.00. The number of aliphatic hydroxyl groups is 1. The molecular weight excluding hydrogens is 160 g/mol. The van der Waals surface area contributed by atoms with Crippen LogP contribution < -0.4 is 0 Å². The van der Waals surface area contributed by atoms with Crippen LogP contribution in [0.3, 0.4) is 0 Å². The number of hydrogen-bond donors (Lipinski definition) is 2. The fourth-order valence-electron chi connectivity index (χ4n) is 0.213. The Balaban J connectivity index is 0. The Morgan fingerprint density at radius 1 is 1.42 bits per heavy atom. The zero-order valence-corrected chi connectivity index (χ0v) is 7.70. The Bertz CT molecular complexity index is 128. The molecule has 2 N–H and O–H groups in total. The van der Waals surface area contributed by atoms with Gasteiger partial charge < -0.3 is 10.2 Å². The topological polar surface area (TPSA) is 74.6 Å². The largest absolute Gasteiger partial charge is 0.481 e.